The van der Waals surface area contributed by atoms with Crippen LogP contribution in [-0.2, 0) is 11.3 Å². The highest BCUT2D eigenvalue weighted by Crippen LogP contribution is 2.29. The van der Waals surface area contributed by atoms with Crippen LogP contribution < -0.4 is 16.2 Å². The molecule has 8 nitrogen and oxygen atoms in total. The van der Waals surface area contributed by atoms with Crippen molar-refractivity contribution in [1.29, 1.82) is 5.26 Å². The van der Waals surface area contributed by atoms with Crippen LogP contribution in [0.2, 0.25) is 0 Å². The van der Waals surface area contributed by atoms with Gasteiger partial charge < -0.3 is 5.32 Å². The van der Waals surface area contributed by atoms with E-state index in [1.54, 1.807) is 13.8 Å². The largest absolute Gasteiger partial charge is 0.335 e. The first-order valence-corrected chi connectivity index (χ1v) is 8.83. The molecule has 0 bridgehead atoms. The first-order chi connectivity index (χ1) is 12.2. The van der Waals surface area contributed by atoms with Crippen molar-refractivity contribution in [2.45, 2.75) is 59.5 Å². The highest BCUT2D eigenvalue weighted by molar-refractivity contribution is 5.94. The Labute approximate surface area is 152 Å². The molecule has 0 aliphatic heterocycles. The molecule has 3 atom stereocenters. The van der Waals surface area contributed by atoms with Crippen molar-refractivity contribution in [2.75, 3.05) is 0 Å². The molecule has 1 heterocycles. The van der Waals surface area contributed by atoms with Crippen LogP contribution in [0.1, 0.15) is 49.9 Å². The number of carbonyl (C=O) groups is 2. The SMILES string of the molecule is Cc1nn(CC(=O)NC(=O)N[C@@H]2CCC[C@@H](C)[C@@H]2C)c(=O)c(C#N)c1C. The second-order valence-electron chi connectivity index (χ2n) is 7.06. The summed E-state index contributed by atoms with van der Waals surface area (Å²) in [5.41, 5.74) is 0.302. The summed E-state index contributed by atoms with van der Waals surface area (Å²) in [5, 5.41) is 18.2. The fourth-order valence-electron chi connectivity index (χ4n) is 3.30. The minimum Gasteiger partial charge on any atom is -0.335 e. The fraction of sp³-hybridized carbons (Fsp3) is 0.611. The average Bonchev–Trinajstić information content (AvgIpc) is 2.57. The second-order valence-corrected chi connectivity index (χ2v) is 7.06. The molecule has 2 rings (SSSR count). The third-order valence-corrected chi connectivity index (χ3v) is 5.32. The number of nitriles is 1. The van der Waals surface area contributed by atoms with Crippen molar-refractivity contribution >= 4 is 11.9 Å². The number of amides is 3. The molecular formula is C18H25N5O3. The van der Waals surface area contributed by atoms with E-state index < -0.39 is 24.0 Å². The molecule has 140 valence electrons. The van der Waals surface area contributed by atoms with Gasteiger partial charge in [0.2, 0.25) is 5.91 Å². The molecule has 1 aromatic rings. The van der Waals surface area contributed by atoms with E-state index in [9.17, 15) is 14.4 Å². The summed E-state index contributed by atoms with van der Waals surface area (Å²) in [4.78, 5) is 36.4. The zero-order valence-electron chi connectivity index (χ0n) is 15.6. The van der Waals surface area contributed by atoms with Gasteiger partial charge in [-0.15, -0.1) is 0 Å². The zero-order chi connectivity index (χ0) is 19.4. The summed E-state index contributed by atoms with van der Waals surface area (Å²) in [6.07, 6.45) is 3.07. The van der Waals surface area contributed by atoms with Crippen LogP contribution in [-0.4, -0.2) is 27.8 Å². The molecule has 1 saturated carbocycles. The number of rotatable bonds is 3. The molecule has 0 spiro atoms. The van der Waals surface area contributed by atoms with Crippen LogP contribution in [0.25, 0.3) is 0 Å². The van der Waals surface area contributed by atoms with E-state index in [1.165, 1.54) is 0 Å². The number of carbonyl (C=O) groups excluding carboxylic acids is 2. The number of nitrogens with zero attached hydrogens (tertiary/aromatic N) is 3. The standard InChI is InChI=1S/C18H25N5O3/c1-10-6-5-7-15(11(10)2)20-18(26)21-16(24)9-23-17(25)14(8-19)12(3)13(4)22-23/h10-11,15H,5-7,9H2,1-4H3,(H2,20,21,24,26)/t10-,11+,15-/m1/s1. The summed E-state index contributed by atoms with van der Waals surface area (Å²) >= 11 is 0. The number of urea groups is 1. The predicted octanol–water partition coefficient (Wildman–Crippen LogP) is 1.38. The Bertz CT molecular complexity index is 808. The molecule has 0 saturated heterocycles. The molecule has 0 radical (unpaired) electrons. The highest BCUT2D eigenvalue weighted by Gasteiger charge is 2.28. The van der Waals surface area contributed by atoms with Gasteiger partial charge in [0.1, 0.15) is 18.2 Å². The maximum Gasteiger partial charge on any atom is 0.321 e. The van der Waals surface area contributed by atoms with Gasteiger partial charge in [-0.25, -0.2) is 9.48 Å². The molecule has 0 aromatic carbocycles. The zero-order valence-corrected chi connectivity index (χ0v) is 15.6. The lowest BCUT2D eigenvalue weighted by Gasteiger charge is -2.34. The number of aryl methyl sites for hydroxylation is 1. The maximum atomic E-state index is 12.2. The normalized spacial score (nSPS) is 22.3. The Morgan fingerprint density at radius 1 is 1.31 bits per heavy atom. The van der Waals surface area contributed by atoms with E-state index in [2.05, 4.69) is 29.6 Å². The van der Waals surface area contributed by atoms with E-state index in [1.807, 2.05) is 6.07 Å². The number of nitrogens with one attached hydrogen (secondary N) is 2. The van der Waals surface area contributed by atoms with Crippen LogP contribution in [0.15, 0.2) is 4.79 Å². The maximum absolute atomic E-state index is 12.2. The first-order valence-electron chi connectivity index (χ1n) is 8.83. The first kappa shape index (κ1) is 19.6. The lowest BCUT2D eigenvalue weighted by atomic mass is 9.78. The second kappa shape index (κ2) is 8.13. The Morgan fingerprint density at radius 2 is 2.00 bits per heavy atom. The van der Waals surface area contributed by atoms with Crippen molar-refractivity contribution in [3.8, 4) is 6.07 Å². The van der Waals surface area contributed by atoms with Gasteiger partial charge in [0.05, 0.1) is 5.69 Å². The van der Waals surface area contributed by atoms with Crippen molar-refractivity contribution in [3.05, 3.63) is 27.2 Å². The van der Waals surface area contributed by atoms with Gasteiger partial charge in [-0.1, -0.05) is 26.7 Å². The predicted molar refractivity (Wildman–Crippen MR) is 95.3 cm³/mol. The van der Waals surface area contributed by atoms with Crippen molar-refractivity contribution in [2.24, 2.45) is 11.8 Å². The van der Waals surface area contributed by atoms with Crippen LogP contribution in [0.5, 0.6) is 0 Å². The third kappa shape index (κ3) is 4.28. The van der Waals surface area contributed by atoms with Crippen LogP contribution in [0.4, 0.5) is 4.79 Å². The quantitative estimate of drug-likeness (QED) is 0.845. The third-order valence-electron chi connectivity index (χ3n) is 5.32. The summed E-state index contributed by atoms with van der Waals surface area (Å²) in [6, 6.07) is 1.29. The number of hydrogen-bond acceptors (Lipinski definition) is 5. The molecule has 26 heavy (non-hydrogen) atoms. The Balaban J connectivity index is 2.01. The van der Waals surface area contributed by atoms with Gasteiger partial charge in [0, 0.05) is 6.04 Å². The Kier molecular flexibility index (Phi) is 6.14. The molecule has 2 N–H and O–H groups in total. The van der Waals surface area contributed by atoms with Crippen molar-refractivity contribution < 1.29 is 9.59 Å². The lowest BCUT2D eigenvalue weighted by molar-refractivity contribution is -0.120. The molecule has 3 amide bonds. The van der Waals surface area contributed by atoms with E-state index in [-0.39, 0.29) is 11.6 Å². The molecule has 1 aromatic heterocycles. The molecule has 8 heteroatoms. The monoisotopic (exact) mass is 359 g/mol. The Hall–Kier alpha value is -2.69. The number of hydrogen-bond donors (Lipinski definition) is 2. The number of aromatic nitrogens is 2. The van der Waals surface area contributed by atoms with E-state index in [4.69, 9.17) is 5.26 Å². The Morgan fingerprint density at radius 3 is 2.65 bits per heavy atom. The van der Waals surface area contributed by atoms with Gasteiger partial charge >= 0.3 is 6.03 Å². The summed E-state index contributed by atoms with van der Waals surface area (Å²) in [7, 11) is 0. The van der Waals surface area contributed by atoms with E-state index in [0.717, 1.165) is 23.9 Å². The van der Waals surface area contributed by atoms with Crippen LogP contribution in [0.3, 0.4) is 0 Å². The minimum atomic E-state index is -0.652. The van der Waals surface area contributed by atoms with Gasteiger partial charge in [0.15, 0.2) is 0 Å². The molecule has 1 aliphatic rings. The van der Waals surface area contributed by atoms with E-state index >= 15 is 0 Å². The topological polar surface area (TPSA) is 117 Å². The summed E-state index contributed by atoms with van der Waals surface area (Å²) < 4.78 is 0.912. The van der Waals surface area contributed by atoms with Crippen LogP contribution >= 0.6 is 0 Å². The molecule has 1 fully saturated rings. The van der Waals surface area contributed by atoms with Gasteiger partial charge in [-0.2, -0.15) is 10.4 Å². The lowest BCUT2D eigenvalue weighted by Crippen LogP contribution is -2.50. The fourth-order valence-corrected chi connectivity index (χ4v) is 3.30. The van der Waals surface area contributed by atoms with Crippen molar-refractivity contribution in [1.82, 2.24) is 20.4 Å². The van der Waals surface area contributed by atoms with Gasteiger partial charge in [-0.05, 0) is 37.7 Å². The molecule has 0 unspecified atom stereocenters. The molecule has 1 aliphatic carbocycles. The average molecular weight is 359 g/mol. The van der Waals surface area contributed by atoms with E-state index in [0.29, 0.717) is 23.1 Å². The number of imide groups is 1. The van der Waals surface area contributed by atoms with Gasteiger partial charge in [-0.3, -0.25) is 14.9 Å². The molecular weight excluding hydrogens is 334 g/mol. The van der Waals surface area contributed by atoms with Crippen LogP contribution in [0, 0.1) is 37.0 Å². The smallest absolute Gasteiger partial charge is 0.321 e. The minimum absolute atomic E-state index is 0.0270. The summed E-state index contributed by atoms with van der Waals surface area (Å²) in [6.45, 7) is 7.12. The van der Waals surface area contributed by atoms with Crippen molar-refractivity contribution in [3.63, 3.8) is 0 Å². The highest BCUT2D eigenvalue weighted by atomic mass is 16.2. The summed E-state index contributed by atoms with van der Waals surface area (Å²) in [5.74, 6) is 0.208. The van der Waals surface area contributed by atoms with Gasteiger partial charge in [0.25, 0.3) is 5.56 Å².